The predicted octanol–water partition coefficient (Wildman–Crippen LogP) is 7.78. The minimum atomic E-state index is 0. The molecule has 0 aromatic rings. The molecule has 0 bridgehead atoms. The van der Waals surface area contributed by atoms with E-state index in [2.05, 4.69) is 40.7 Å². The molecule has 29 heavy (non-hydrogen) atoms. The third kappa shape index (κ3) is 4.28. The zero-order valence-electron chi connectivity index (χ0n) is 20.3. The maximum absolute atomic E-state index is 10.1. The van der Waals surface area contributed by atoms with Gasteiger partial charge in [0.05, 0.1) is 5.76 Å². The topological polar surface area (TPSA) is 20.2 Å². The summed E-state index contributed by atoms with van der Waals surface area (Å²) in [7, 11) is 0. The van der Waals surface area contributed by atoms with Crippen molar-refractivity contribution < 1.29 is 5.11 Å². The van der Waals surface area contributed by atoms with Gasteiger partial charge in [-0.3, -0.25) is 0 Å². The Morgan fingerprint density at radius 2 is 1.69 bits per heavy atom. The first-order valence-corrected chi connectivity index (χ1v) is 12.6. The summed E-state index contributed by atoms with van der Waals surface area (Å²) in [5.74, 6) is 6.98. The van der Waals surface area contributed by atoms with Gasteiger partial charge in [-0.25, -0.2) is 0 Å². The number of hydrogen-bond donors (Lipinski definition) is 1. The van der Waals surface area contributed by atoms with E-state index in [0.717, 1.165) is 54.3 Å². The Morgan fingerprint density at radius 3 is 2.41 bits per heavy atom. The first-order chi connectivity index (χ1) is 13.3. The minimum absolute atomic E-state index is 0. The van der Waals surface area contributed by atoms with Gasteiger partial charge in [-0.15, -0.1) is 0 Å². The fourth-order valence-electron chi connectivity index (χ4n) is 8.89. The van der Waals surface area contributed by atoms with Gasteiger partial charge in [0.2, 0.25) is 0 Å². The molecule has 0 aliphatic heterocycles. The van der Waals surface area contributed by atoms with Gasteiger partial charge in [-0.1, -0.05) is 53.9 Å². The van der Waals surface area contributed by atoms with Gasteiger partial charge < -0.3 is 5.11 Å². The van der Waals surface area contributed by atoms with Crippen LogP contribution in [-0.4, -0.2) is 34.7 Å². The fourth-order valence-corrected chi connectivity index (χ4v) is 8.89. The molecule has 0 amide bonds. The van der Waals surface area contributed by atoms with Crippen molar-refractivity contribution in [3.8, 4) is 0 Å². The predicted molar refractivity (Wildman–Crippen MR) is 125 cm³/mol. The standard InChI is InChI=1S/C27H46O.Na/c1-18(2)7-6-8-19(3)23-11-12-24-22-10-9-20-17-21(28)13-15-26(20,4)25(22)14-16-27(23,24)5;/h13,18-20,22-25,28H,6-12,14-17H2,1-5H3;/t19-,20?,22+,23-,24+,25+,26+,27-;/m1./s1. The molecule has 2 heteroatoms. The number of allylic oxidation sites excluding steroid dienone is 2. The van der Waals surface area contributed by atoms with E-state index in [4.69, 9.17) is 0 Å². The molecule has 0 aromatic heterocycles. The first-order valence-electron chi connectivity index (χ1n) is 12.6. The van der Waals surface area contributed by atoms with Gasteiger partial charge in [0.25, 0.3) is 0 Å². The second-order valence-corrected chi connectivity index (χ2v) is 12.3. The van der Waals surface area contributed by atoms with E-state index < -0.39 is 0 Å². The van der Waals surface area contributed by atoms with Crippen LogP contribution in [0.4, 0.5) is 0 Å². The molecule has 4 aliphatic carbocycles. The van der Waals surface area contributed by atoms with Crippen LogP contribution in [0.5, 0.6) is 0 Å². The Balaban J connectivity index is 0.00000240. The molecule has 3 fully saturated rings. The Morgan fingerprint density at radius 1 is 0.966 bits per heavy atom. The van der Waals surface area contributed by atoms with Crippen LogP contribution in [0.1, 0.15) is 105 Å². The van der Waals surface area contributed by atoms with E-state index in [1.165, 1.54) is 57.8 Å². The summed E-state index contributed by atoms with van der Waals surface area (Å²) < 4.78 is 0. The summed E-state index contributed by atoms with van der Waals surface area (Å²) in [4.78, 5) is 0. The average molecular weight is 410 g/mol. The summed E-state index contributed by atoms with van der Waals surface area (Å²) >= 11 is 0. The smallest absolute Gasteiger partial charge is 0.0886 e. The van der Waals surface area contributed by atoms with Gasteiger partial charge in [0.1, 0.15) is 0 Å². The third-order valence-electron chi connectivity index (χ3n) is 10.5. The summed E-state index contributed by atoms with van der Waals surface area (Å²) in [5.41, 5.74) is 1.06. The molecule has 3 saturated carbocycles. The van der Waals surface area contributed by atoms with E-state index in [9.17, 15) is 5.11 Å². The van der Waals surface area contributed by atoms with Crippen molar-refractivity contribution in [2.45, 2.75) is 105 Å². The van der Waals surface area contributed by atoms with Crippen molar-refractivity contribution in [3.05, 3.63) is 11.8 Å². The quantitative estimate of drug-likeness (QED) is 0.460. The van der Waals surface area contributed by atoms with Gasteiger partial charge in [-0.2, -0.15) is 0 Å². The normalized spacial score (nSPS) is 44.9. The van der Waals surface area contributed by atoms with Crippen LogP contribution in [0, 0.1) is 52.3 Å². The van der Waals surface area contributed by atoms with Crippen molar-refractivity contribution in [1.29, 1.82) is 0 Å². The first kappa shape index (κ1) is 24.2. The molecule has 1 radical (unpaired) electrons. The van der Waals surface area contributed by atoms with Crippen LogP contribution in [0.25, 0.3) is 0 Å². The Hall–Kier alpha value is 0.540. The molecule has 0 heterocycles. The number of hydrogen-bond acceptors (Lipinski definition) is 1. The second-order valence-electron chi connectivity index (χ2n) is 12.3. The molecule has 1 unspecified atom stereocenters. The average Bonchev–Trinajstić information content (AvgIpc) is 2.99. The SMILES string of the molecule is CC(C)CCC[C@@H](C)[C@H]1CC[C@H]2[C@@H]3CCC4CC(O)=CC[C@]4(C)[C@H]3CC[C@]12C.[Na]. The summed E-state index contributed by atoms with van der Waals surface area (Å²) in [6.45, 7) is 12.6. The number of aliphatic hydroxyl groups excluding tert-OH is 1. The fraction of sp³-hybridized carbons (Fsp3) is 0.926. The van der Waals surface area contributed by atoms with Crippen LogP contribution < -0.4 is 0 Å². The molecular weight excluding hydrogens is 363 g/mol. The van der Waals surface area contributed by atoms with Crippen LogP contribution in [-0.2, 0) is 0 Å². The molecule has 161 valence electrons. The molecular formula is C27H46NaO. The molecule has 4 rings (SSSR count). The zero-order chi connectivity index (χ0) is 20.1. The molecule has 0 saturated heterocycles. The molecule has 1 nitrogen and oxygen atoms in total. The summed E-state index contributed by atoms with van der Waals surface area (Å²) in [6, 6.07) is 0. The monoisotopic (exact) mass is 409 g/mol. The second kappa shape index (κ2) is 9.19. The summed E-state index contributed by atoms with van der Waals surface area (Å²) in [6.07, 6.45) is 17.2. The van der Waals surface area contributed by atoms with Crippen LogP contribution in [0.2, 0.25) is 0 Å². The molecule has 0 spiro atoms. The third-order valence-corrected chi connectivity index (χ3v) is 10.5. The number of rotatable bonds is 5. The van der Waals surface area contributed by atoms with Crippen LogP contribution in [0.3, 0.4) is 0 Å². The van der Waals surface area contributed by atoms with Crippen LogP contribution >= 0.6 is 0 Å². The van der Waals surface area contributed by atoms with E-state index in [1.807, 2.05) is 0 Å². The van der Waals surface area contributed by atoms with E-state index in [0.29, 0.717) is 16.6 Å². The Kier molecular flexibility index (Phi) is 7.66. The largest absolute Gasteiger partial charge is 0.513 e. The molecule has 8 atom stereocenters. The van der Waals surface area contributed by atoms with Crippen LogP contribution in [0.15, 0.2) is 11.8 Å². The van der Waals surface area contributed by atoms with Crippen molar-refractivity contribution in [2.24, 2.45) is 52.3 Å². The maximum atomic E-state index is 10.1. The molecule has 0 aromatic carbocycles. The van der Waals surface area contributed by atoms with Crippen molar-refractivity contribution >= 4 is 29.6 Å². The van der Waals surface area contributed by atoms with Crippen molar-refractivity contribution in [1.82, 2.24) is 0 Å². The maximum Gasteiger partial charge on any atom is 0.0886 e. The van der Waals surface area contributed by atoms with Crippen molar-refractivity contribution in [3.63, 3.8) is 0 Å². The number of aliphatic hydroxyl groups is 1. The van der Waals surface area contributed by atoms with Gasteiger partial charge in [0.15, 0.2) is 0 Å². The molecule has 1 N–H and O–H groups in total. The van der Waals surface area contributed by atoms with Crippen molar-refractivity contribution in [2.75, 3.05) is 0 Å². The van der Waals surface area contributed by atoms with Gasteiger partial charge in [0, 0.05) is 36.0 Å². The van der Waals surface area contributed by atoms with Gasteiger partial charge >= 0.3 is 0 Å². The van der Waals surface area contributed by atoms with E-state index in [1.54, 1.807) is 0 Å². The van der Waals surface area contributed by atoms with E-state index in [-0.39, 0.29) is 29.6 Å². The van der Waals surface area contributed by atoms with Gasteiger partial charge in [-0.05, 0) is 103 Å². The molecule has 4 aliphatic rings. The Bertz CT molecular complexity index is 597. The number of fused-ring (bicyclic) bond motifs is 5. The summed E-state index contributed by atoms with van der Waals surface area (Å²) in [5, 5.41) is 10.1. The minimum Gasteiger partial charge on any atom is -0.513 e. The Labute approximate surface area is 203 Å². The van der Waals surface area contributed by atoms with E-state index >= 15 is 0 Å². The zero-order valence-corrected chi connectivity index (χ0v) is 22.3.